The van der Waals surface area contributed by atoms with E-state index >= 15 is 4.39 Å². The number of Topliss-reactive ketones (excluding diaryl/α,β-unsaturated/α-hetero) is 1. The Hall–Kier alpha value is -2.43. The second kappa shape index (κ2) is 10.3. The van der Waals surface area contributed by atoms with Crippen molar-refractivity contribution in [3.63, 3.8) is 0 Å². The molecule has 5 aliphatic carbocycles. The predicted octanol–water partition coefficient (Wildman–Crippen LogP) is 4.08. The molecule has 0 bridgehead atoms. The molecule has 4 N–H and O–H groups in total. The molecule has 1 aromatic rings. The lowest BCUT2D eigenvalue weighted by Crippen LogP contribution is -2.63. The van der Waals surface area contributed by atoms with Crippen LogP contribution < -0.4 is 10.5 Å². The van der Waals surface area contributed by atoms with Gasteiger partial charge in [0.15, 0.2) is 23.5 Å². The summed E-state index contributed by atoms with van der Waals surface area (Å²) in [5, 5.41) is 22.0. The molecule has 0 aromatic heterocycles. The summed E-state index contributed by atoms with van der Waals surface area (Å²) < 4.78 is 34.5. The Morgan fingerprint density at radius 1 is 1.19 bits per heavy atom. The SMILES string of the molecule is C[C@]12C=CC(=O)C=C1CC[C@@H]1[C@@H]2[C@@H](O)C[C@@]2(C)[C@H]1C[C@H]1O[C@@H](c3ccc(OC4CCC(N)CC4)cc3F)O[C@]12C(=O)CO. The van der Waals surface area contributed by atoms with Crippen LogP contribution in [0.5, 0.6) is 5.75 Å². The van der Waals surface area contributed by atoms with E-state index in [1.54, 1.807) is 24.3 Å². The van der Waals surface area contributed by atoms with Crippen LogP contribution >= 0.6 is 0 Å². The van der Waals surface area contributed by atoms with Gasteiger partial charge in [0.25, 0.3) is 0 Å². The van der Waals surface area contributed by atoms with Crippen molar-refractivity contribution in [2.45, 2.75) is 101 Å². The number of ether oxygens (including phenoxy) is 3. The standard InChI is InChI=1S/C34H42FNO7/c1-32-12-11-20(38)13-18(32)3-9-23-25-15-29-34(28(40)17-37,33(25,2)16-27(39)30(23)32)43-31(42-29)24-10-8-22(14-26(24)35)41-21-6-4-19(36)5-7-21/h8,10-14,19,21,23,25,27,29-31,37,39H,3-7,9,15-17,36H2,1-2H3/t19?,21?,23-,25-,27-,29+,30+,31+,32-,33-,34+/m0/s1. The van der Waals surface area contributed by atoms with Crippen molar-refractivity contribution in [2.75, 3.05) is 6.61 Å². The third-order valence-corrected chi connectivity index (χ3v) is 12.0. The fraction of sp³-hybridized carbons (Fsp3) is 0.647. The number of benzene rings is 1. The number of nitrogens with two attached hydrogens (primary N) is 1. The molecule has 0 amide bonds. The van der Waals surface area contributed by atoms with Crippen molar-refractivity contribution in [2.24, 2.45) is 34.3 Å². The third kappa shape index (κ3) is 4.26. The zero-order chi connectivity index (χ0) is 30.3. The fourth-order valence-electron chi connectivity index (χ4n) is 10.00. The van der Waals surface area contributed by atoms with Crippen molar-refractivity contribution in [3.8, 4) is 5.75 Å². The number of ketones is 2. The molecule has 1 aliphatic heterocycles. The molecular weight excluding hydrogens is 553 g/mol. The first-order valence-corrected chi connectivity index (χ1v) is 15.8. The smallest absolute Gasteiger partial charge is 0.193 e. The minimum Gasteiger partial charge on any atom is -0.490 e. The molecule has 232 valence electrons. The summed E-state index contributed by atoms with van der Waals surface area (Å²) >= 11 is 0. The second-order valence-corrected chi connectivity index (χ2v) is 14.2. The predicted molar refractivity (Wildman–Crippen MR) is 154 cm³/mol. The van der Waals surface area contributed by atoms with E-state index in [0.717, 1.165) is 44.1 Å². The molecule has 1 aromatic carbocycles. The third-order valence-electron chi connectivity index (χ3n) is 12.0. The van der Waals surface area contributed by atoms with Gasteiger partial charge in [0.05, 0.1) is 18.3 Å². The summed E-state index contributed by atoms with van der Waals surface area (Å²) in [6, 6.07) is 4.80. The van der Waals surface area contributed by atoms with Crippen LogP contribution in [0, 0.1) is 34.4 Å². The number of hydrogen-bond acceptors (Lipinski definition) is 8. The molecule has 9 atom stereocenters. The topological polar surface area (TPSA) is 128 Å². The summed E-state index contributed by atoms with van der Waals surface area (Å²) in [5.74, 6) is -0.764. The van der Waals surface area contributed by atoms with Gasteiger partial charge in [0.1, 0.15) is 18.2 Å². The van der Waals surface area contributed by atoms with Crippen LogP contribution in [0.15, 0.2) is 42.0 Å². The molecule has 6 aliphatic rings. The van der Waals surface area contributed by atoms with Crippen LogP contribution in [0.2, 0.25) is 0 Å². The average molecular weight is 596 g/mol. The van der Waals surface area contributed by atoms with Crippen LogP contribution in [0.4, 0.5) is 4.39 Å². The minimum absolute atomic E-state index is 0.00882. The van der Waals surface area contributed by atoms with E-state index in [4.69, 9.17) is 19.9 Å². The molecule has 4 saturated carbocycles. The van der Waals surface area contributed by atoms with Gasteiger partial charge in [-0.1, -0.05) is 25.5 Å². The van der Waals surface area contributed by atoms with E-state index in [9.17, 15) is 19.8 Å². The zero-order valence-electron chi connectivity index (χ0n) is 24.8. The van der Waals surface area contributed by atoms with Gasteiger partial charge in [-0.3, -0.25) is 9.59 Å². The molecular formula is C34H42FNO7. The van der Waals surface area contributed by atoms with Crippen LogP contribution in [0.3, 0.4) is 0 Å². The molecule has 5 fully saturated rings. The Bertz CT molecular complexity index is 1390. The lowest BCUT2D eigenvalue weighted by Gasteiger charge is -2.59. The second-order valence-electron chi connectivity index (χ2n) is 14.2. The number of aliphatic hydroxyl groups excluding tert-OH is 2. The highest BCUT2D eigenvalue weighted by atomic mass is 19.1. The molecule has 0 radical (unpaired) electrons. The first kappa shape index (κ1) is 29.3. The van der Waals surface area contributed by atoms with Crippen molar-refractivity contribution in [1.29, 1.82) is 0 Å². The summed E-state index contributed by atoms with van der Waals surface area (Å²) in [4.78, 5) is 25.9. The van der Waals surface area contributed by atoms with Crippen LogP contribution in [0.25, 0.3) is 0 Å². The number of hydrogen-bond donors (Lipinski definition) is 3. The van der Waals surface area contributed by atoms with Crippen molar-refractivity contribution in [1.82, 2.24) is 0 Å². The Labute approximate surface area is 251 Å². The Balaban J connectivity index is 1.17. The summed E-state index contributed by atoms with van der Waals surface area (Å²) in [6.07, 6.45) is 8.30. The number of aliphatic hydroxyl groups is 2. The molecule has 9 heteroatoms. The fourth-order valence-corrected chi connectivity index (χ4v) is 10.00. The monoisotopic (exact) mass is 595 g/mol. The average Bonchev–Trinajstić information content (AvgIpc) is 3.47. The maximum atomic E-state index is 15.6. The molecule has 0 spiro atoms. The lowest BCUT2D eigenvalue weighted by molar-refractivity contribution is -0.201. The first-order chi connectivity index (χ1) is 20.5. The van der Waals surface area contributed by atoms with E-state index in [1.807, 2.05) is 13.0 Å². The number of fused-ring (bicyclic) bond motifs is 7. The van der Waals surface area contributed by atoms with Gasteiger partial charge < -0.3 is 30.2 Å². The van der Waals surface area contributed by atoms with Crippen molar-refractivity contribution < 1.29 is 38.4 Å². The number of halogens is 1. The Kier molecular flexibility index (Phi) is 7.02. The van der Waals surface area contributed by atoms with Gasteiger partial charge in [-0.05, 0) is 87.5 Å². The minimum atomic E-state index is -1.53. The maximum absolute atomic E-state index is 15.6. The Morgan fingerprint density at radius 3 is 2.67 bits per heavy atom. The van der Waals surface area contributed by atoms with E-state index in [2.05, 4.69) is 6.92 Å². The highest BCUT2D eigenvalue weighted by Crippen LogP contribution is 2.70. The van der Waals surface area contributed by atoms with E-state index < -0.39 is 53.1 Å². The molecule has 0 unspecified atom stereocenters. The quantitative estimate of drug-likeness (QED) is 0.465. The van der Waals surface area contributed by atoms with Crippen molar-refractivity contribution in [3.05, 3.63) is 53.4 Å². The van der Waals surface area contributed by atoms with Gasteiger partial charge in [-0.2, -0.15) is 0 Å². The molecule has 8 nitrogen and oxygen atoms in total. The van der Waals surface area contributed by atoms with E-state index in [-0.39, 0.29) is 47.7 Å². The van der Waals surface area contributed by atoms with Gasteiger partial charge in [-0.25, -0.2) is 4.39 Å². The van der Waals surface area contributed by atoms with Gasteiger partial charge >= 0.3 is 0 Å². The molecule has 1 saturated heterocycles. The first-order valence-electron chi connectivity index (χ1n) is 15.8. The summed E-state index contributed by atoms with van der Waals surface area (Å²) in [5.41, 5.74) is 4.39. The summed E-state index contributed by atoms with van der Waals surface area (Å²) in [6.45, 7) is 3.32. The Morgan fingerprint density at radius 2 is 1.95 bits per heavy atom. The lowest BCUT2D eigenvalue weighted by atomic mass is 9.46. The number of carbonyl (C=O) groups is 2. The maximum Gasteiger partial charge on any atom is 0.193 e. The van der Waals surface area contributed by atoms with Gasteiger partial charge in [0, 0.05) is 34.4 Å². The number of carbonyl (C=O) groups excluding carboxylic acids is 2. The van der Waals surface area contributed by atoms with E-state index in [1.165, 1.54) is 6.07 Å². The van der Waals surface area contributed by atoms with Crippen molar-refractivity contribution >= 4 is 11.6 Å². The molecule has 1 heterocycles. The summed E-state index contributed by atoms with van der Waals surface area (Å²) in [7, 11) is 0. The largest absolute Gasteiger partial charge is 0.490 e. The van der Waals surface area contributed by atoms with Crippen LogP contribution in [-0.2, 0) is 19.1 Å². The number of rotatable bonds is 5. The molecule has 7 rings (SSSR count). The zero-order valence-corrected chi connectivity index (χ0v) is 24.8. The van der Waals surface area contributed by atoms with Gasteiger partial charge in [-0.15, -0.1) is 0 Å². The highest BCUT2D eigenvalue weighted by molar-refractivity contribution is 6.01. The van der Waals surface area contributed by atoms with E-state index in [0.29, 0.717) is 12.2 Å². The van der Waals surface area contributed by atoms with Gasteiger partial charge in [0.2, 0.25) is 0 Å². The van der Waals surface area contributed by atoms with Crippen LogP contribution in [-0.4, -0.2) is 58.3 Å². The normalized spacial score (nSPS) is 45.1. The molecule has 43 heavy (non-hydrogen) atoms. The highest BCUT2D eigenvalue weighted by Gasteiger charge is 2.76. The number of allylic oxidation sites excluding steroid dienone is 4. The van der Waals surface area contributed by atoms with Crippen LogP contribution in [0.1, 0.15) is 77.1 Å².